The fourth-order valence-electron chi connectivity index (χ4n) is 3.37. The number of sulfonamides is 1. The Morgan fingerprint density at radius 3 is 2.58 bits per heavy atom. The van der Waals surface area contributed by atoms with Crippen LogP contribution in [0, 0.1) is 6.92 Å². The van der Waals surface area contributed by atoms with Crippen molar-refractivity contribution in [3.05, 3.63) is 71.5 Å². The van der Waals surface area contributed by atoms with Gasteiger partial charge in [0.25, 0.3) is 0 Å². The standard InChI is InChI=1S/C19H18N4O2S/c1-13-6-3-4-7-14(13)17-12-18(23(22-17)26(2,24)25)15-8-5-9-16-19(15)21-11-10-20-16/h3-11,18H,12H2,1-2H3/t18-/m0/s1. The quantitative estimate of drug-likeness (QED) is 0.714. The van der Waals surface area contributed by atoms with Crippen LogP contribution in [0.15, 0.2) is 60.0 Å². The Morgan fingerprint density at radius 1 is 1.04 bits per heavy atom. The molecule has 6 nitrogen and oxygen atoms in total. The Kier molecular flexibility index (Phi) is 3.96. The fraction of sp³-hybridized carbons (Fsp3) is 0.211. The lowest BCUT2D eigenvalue weighted by molar-refractivity contribution is 0.376. The zero-order valence-electron chi connectivity index (χ0n) is 14.5. The van der Waals surface area contributed by atoms with E-state index in [-0.39, 0.29) is 0 Å². The maximum absolute atomic E-state index is 12.4. The molecule has 0 saturated heterocycles. The van der Waals surface area contributed by atoms with Gasteiger partial charge in [0.2, 0.25) is 10.0 Å². The smallest absolute Gasteiger partial charge is 0.247 e. The van der Waals surface area contributed by atoms with E-state index in [2.05, 4.69) is 15.1 Å². The molecule has 1 aliphatic rings. The molecule has 0 radical (unpaired) electrons. The Hall–Kier alpha value is -2.80. The van der Waals surface area contributed by atoms with Crippen LogP contribution in [0.3, 0.4) is 0 Å². The summed E-state index contributed by atoms with van der Waals surface area (Å²) in [7, 11) is -3.52. The second-order valence-corrected chi connectivity index (χ2v) is 8.23. The minimum atomic E-state index is -3.52. The predicted molar refractivity (Wildman–Crippen MR) is 101 cm³/mol. The van der Waals surface area contributed by atoms with Crippen molar-refractivity contribution in [2.24, 2.45) is 5.10 Å². The van der Waals surface area contributed by atoms with Gasteiger partial charge < -0.3 is 0 Å². The van der Waals surface area contributed by atoms with Crippen LogP contribution in [0.4, 0.5) is 0 Å². The summed E-state index contributed by atoms with van der Waals surface area (Å²) in [5.41, 5.74) is 5.05. The molecule has 2 heterocycles. The summed E-state index contributed by atoms with van der Waals surface area (Å²) in [4.78, 5) is 8.75. The molecule has 4 rings (SSSR count). The molecule has 1 aliphatic heterocycles. The van der Waals surface area contributed by atoms with Crippen molar-refractivity contribution in [3.8, 4) is 0 Å². The highest BCUT2D eigenvalue weighted by molar-refractivity contribution is 7.88. The van der Waals surface area contributed by atoms with Crippen LogP contribution in [0.5, 0.6) is 0 Å². The molecule has 1 aromatic heterocycles. The number of fused-ring (bicyclic) bond motifs is 1. The number of hydrogen-bond donors (Lipinski definition) is 0. The molecule has 1 atom stereocenters. The number of nitrogens with zero attached hydrogens (tertiary/aromatic N) is 4. The number of rotatable bonds is 3. The van der Waals surface area contributed by atoms with Crippen molar-refractivity contribution < 1.29 is 8.42 Å². The number of aromatic nitrogens is 2. The third-order valence-electron chi connectivity index (χ3n) is 4.56. The van der Waals surface area contributed by atoms with Crippen molar-refractivity contribution in [2.75, 3.05) is 6.26 Å². The Bertz CT molecular complexity index is 1120. The molecule has 3 aromatic rings. The van der Waals surface area contributed by atoms with Gasteiger partial charge in [-0.05, 0) is 18.6 Å². The molecule has 0 N–H and O–H groups in total. The summed E-state index contributed by atoms with van der Waals surface area (Å²) in [6, 6.07) is 13.1. The van der Waals surface area contributed by atoms with Crippen LogP contribution in [0.2, 0.25) is 0 Å². The van der Waals surface area contributed by atoms with E-state index in [1.54, 1.807) is 12.4 Å². The molecule has 0 amide bonds. The topological polar surface area (TPSA) is 75.5 Å². The molecule has 0 unspecified atom stereocenters. The monoisotopic (exact) mass is 366 g/mol. The molecule has 0 fully saturated rings. The van der Waals surface area contributed by atoms with Gasteiger partial charge in [-0.25, -0.2) is 8.42 Å². The van der Waals surface area contributed by atoms with E-state index in [1.165, 1.54) is 10.7 Å². The van der Waals surface area contributed by atoms with Gasteiger partial charge in [-0.3, -0.25) is 9.97 Å². The molecular formula is C19H18N4O2S. The van der Waals surface area contributed by atoms with Crippen LogP contribution in [-0.2, 0) is 10.0 Å². The van der Waals surface area contributed by atoms with Crippen LogP contribution in [0.25, 0.3) is 11.0 Å². The zero-order valence-corrected chi connectivity index (χ0v) is 15.3. The maximum atomic E-state index is 12.4. The first kappa shape index (κ1) is 16.7. The van der Waals surface area contributed by atoms with Gasteiger partial charge in [0.1, 0.15) is 0 Å². The van der Waals surface area contributed by atoms with Crippen LogP contribution >= 0.6 is 0 Å². The molecule has 0 aliphatic carbocycles. The minimum Gasteiger partial charge on any atom is -0.253 e. The third-order valence-corrected chi connectivity index (χ3v) is 5.57. The fourth-order valence-corrected chi connectivity index (χ4v) is 4.27. The molecule has 2 aromatic carbocycles. The largest absolute Gasteiger partial charge is 0.253 e. The second kappa shape index (κ2) is 6.17. The molecule has 0 spiro atoms. The van der Waals surface area contributed by atoms with Gasteiger partial charge in [-0.15, -0.1) is 0 Å². The molecule has 7 heteroatoms. The molecule has 0 bridgehead atoms. The summed E-state index contributed by atoms with van der Waals surface area (Å²) in [6.45, 7) is 2.00. The number of hydrogen-bond acceptors (Lipinski definition) is 5. The first-order valence-electron chi connectivity index (χ1n) is 8.27. The Balaban J connectivity index is 1.85. The van der Waals surface area contributed by atoms with Crippen molar-refractivity contribution in [2.45, 2.75) is 19.4 Å². The van der Waals surface area contributed by atoms with Gasteiger partial charge in [0.05, 0.1) is 29.0 Å². The van der Waals surface area contributed by atoms with E-state index in [0.717, 1.165) is 27.9 Å². The van der Waals surface area contributed by atoms with Crippen LogP contribution < -0.4 is 0 Å². The lowest BCUT2D eigenvalue weighted by Gasteiger charge is -2.22. The van der Waals surface area contributed by atoms with Crippen LogP contribution in [0.1, 0.15) is 29.2 Å². The highest BCUT2D eigenvalue weighted by atomic mass is 32.2. The zero-order chi connectivity index (χ0) is 18.3. The average molecular weight is 366 g/mol. The van der Waals surface area contributed by atoms with E-state index < -0.39 is 16.1 Å². The van der Waals surface area contributed by atoms with E-state index >= 15 is 0 Å². The molecular weight excluding hydrogens is 348 g/mol. The molecule has 132 valence electrons. The summed E-state index contributed by atoms with van der Waals surface area (Å²) >= 11 is 0. The van der Waals surface area contributed by atoms with Crippen molar-refractivity contribution in [1.29, 1.82) is 0 Å². The summed E-state index contributed by atoms with van der Waals surface area (Å²) in [5.74, 6) is 0. The minimum absolute atomic E-state index is 0.431. The summed E-state index contributed by atoms with van der Waals surface area (Å²) in [5, 5.41) is 4.47. The highest BCUT2D eigenvalue weighted by Gasteiger charge is 2.36. The number of para-hydroxylation sites is 1. The van der Waals surface area contributed by atoms with Crippen molar-refractivity contribution >= 4 is 26.8 Å². The first-order chi connectivity index (χ1) is 12.4. The van der Waals surface area contributed by atoms with E-state index in [1.807, 2.05) is 49.4 Å². The normalized spacial score (nSPS) is 17.5. The maximum Gasteiger partial charge on any atom is 0.247 e. The third kappa shape index (κ3) is 2.84. The van der Waals surface area contributed by atoms with Crippen molar-refractivity contribution in [3.63, 3.8) is 0 Å². The number of hydrazone groups is 1. The first-order valence-corrected chi connectivity index (χ1v) is 10.1. The Morgan fingerprint density at radius 2 is 1.81 bits per heavy atom. The lowest BCUT2D eigenvalue weighted by Crippen LogP contribution is -2.26. The van der Waals surface area contributed by atoms with Gasteiger partial charge in [-0.1, -0.05) is 36.4 Å². The van der Waals surface area contributed by atoms with Gasteiger partial charge in [-0.2, -0.15) is 9.52 Å². The lowest BCUT2D eigenvalue weighted by atomic mass is 9.96. The summed E-state index contributed by atoms with van der Waals surface area (Å²) in [6.07, 6.45) is 4.92. The summed E-state index contributed by atoms with van der Waals surface area (Å²) < 4.78 is 26.0. The second-order valence-electron chi connectivity index (χ2n) is 6.39. The predicted octanol–water partition coefficient (Wildman–Crippen LogP) is 3.05. The van der Waals surface area contributed by atoms with E-state index in [4.69, 9.17) is 0 Å². The SMILES string of the molecule is Cc1ccccc1C1=NN(S(C)(=O)=O)[C@H](c2cccc3nccnc23)C1. The van der Waals surface area contributed by atoms with Gasteiger partial charge in [0, 0.05) is 29.9 Å². The van der Waals surface area contributed by atoms with Gasteiger partial charge in [0.15, 0.2) is 0 Å². The van der Waals surface area contributed by atoms with Gasteiger partial charge >= 0.3 is 0 Å². The molecule has 0 saturated carbocycles. The number of aryl methyl sites for hydroxylation is 1. The Labute approximate surface area is 152 Å². The number of benzene rings is 2. The van der Waals surface area contributed by atoms with Crippen molar-refractivity contribution in [1.82, 2.24) is 14.4 Å². The molecule has 26 heavy (non-hydrogen) atoms. The van der Waals surface area contributed by atoms with E-state index in [9.17, 15) is 8.42 Å². The highest BCUT2D eigenvalue weighted by Crippen LogP contribution is 2.37. The average Bonchev–Trinajstić information content (AvgIpc) is 3.07. The van der Waals surface area contributed by atoms with E-state index in [0.29, 0.717) is 11.9 Å². The van der Waals surface area contributed by atoms with Crippen LogP contribution in [-0.4, -0.2) is 34.8 Å².